The average molecular weight is 382 g/mol. The summed E-state index contributed by atoms with van der Waals surface area (Å²) in [7, 11) is 1.80. The van der Waals surface area contributed by atoms with E-state index in [1.54, 1.807) is 24.9 Å². The summed E-state index contributed by atoms with van der Waals surface area (Å²) in [5, 5.41) is 0. The van der Waals surface area contributed by atoms with Crippen molar-refractivity contribution in [3.63, 3.8) is 0 Å². The van der Waals surface area contributed by atoms with Crippen LogP contribution in [-0.4, -0.2) is 24.4 Å². The molecule has 0 aliphatic carbocycles. The van der Waals surface area contributed by atoms with E-state index in [9.17, 15) is 9.18 Å². The lowest BCUT2D eigenvalue weighted by atomic mass is 9.99. The van der Waals surface area contributed by atoms with Crippen LogP contribution in [0.5, 0.6) is 0 Å². The van der Waals surface area contributed by atoms with Crippen molar-refractivity contribution in [3.8, 4) is 11.1 Å². The van der Waals surface area contributed by atoms with Gasteiger partial charge in [0, 0.05) is 24.7 Å². The summed E-state index contributed by atoms with van der Waals surface area (Å²) in [6.45, 7) is 8.29. The van der Waals surface area contributed by atoms with Gasteiger partial charge in [-0.2, -0.15) is 0 Å². The van der Waals surface area contributed by atoms with Crippen LogP contribution >= 0.6 is 0 Å². The molecule has 2 rings (SSSR count). The zero-order valence-electron chi connectivity index (χ0n) is 17.4. The Balaban J connectivity index is 1.93. The molecule has 0 saturated carbocycles. The maximum atomic E-state index is 14.5. The van der Waals surface area contributed by atoms with Gasteiger partial charge in [0.05, 0.1) is 0 Å². The molecular weight excluding hydrogens is 349 g/mol. The van der Waals surface area contributed by atoms with E-state index in [2.05, 4.69) is 13.5 Å². The number of benzene rings is 2. The minimum Gasteiger partial charge on any atom is -0.342 e. The lowest BCUT2D eigenvalue weighted by molar-refractivity contribution is -0.125. The molecular formula is C25H32FNO. The van der Waals surface area contributed by atoms with Crippen molar-refractivity contribution in [2.45, 2.75) is 52.4 Å². The molecule has 3 heteroatoms. The molecule has 0 radical (unpaired) electrons. The second-order valence-electron chi connectivity index (χ2n) is 7.58. The van der Waals surface area contributed by atoms with Gasteiger partial charge in [-0.3, -0.25) is 4.79 Å². The number of likely N-dealkylation sites (N-methyl/N-ethyl adjacent to an activating group) is 1. The maximum absolute atomic E-state index is 14.5. The number of amides is 1. The molecule has 0 atom stereocenters. The number of halogens is 1. The molecule has 0 fully saturated rings. The highest BCUT2D eigenvalue weighted by Gasteiger charge is 2.09. The van der Waals surface area contributed by atoms with Crippen molar-refractivity contribution in [1.82, 2.24) is 4.90 Å². The van der Waals surface area contributed by atoms with Gasteiger partial charge in [-0.25, -0.2) is 4.39 Å². The molecule has 28 heavy (non-hydrogen) atoms. The zero-order valence-corrected chi connectivity index (χ0v) is 17.4. The van der Waals surface area contributed by atoms with Crippen molar-refractivity contribution in [2.75, 3.05) is 13.6 Å². The Hall–Kier alpha value is -2.42. The predicted molar refractivity (Wildman–Crippen MR) is 116 cm³/mol. The number of nitrogens with zero attached hydrogens (tertiary/aromatic N) is 1. The number of carbonyl (C=O) groups excluding carboxylic acids is 1. The Bertz CT molecular complexity index is 795. The molecule has 0 unspecified atom stereocenters. The summed E-state index contributed by atoms with van der Waals surface area (Å²) in [5.74, 6) is -0.161. The molecule has 2 aromatic carbocycles. The third-order valence-corrected chi connectivity index (χ3v) is 5.04. The van der Waals surface area contributed by atoms with Crippen molar-refractivity contribution in [3.05, 3.63) is 71.6 Å². The van der Waals surface area contributed by atoms with E-state index in [0.717, 1.165) is 36.8 Å². The Kier molecular flexibility index (Phi) is 8.43. The number of hydrogen-bond donors (Lipinski definition) is 0. The maximum Gasteiger partial charge on any atom is 0.248 e. The Morgan fingerprint density at radius 2 is 1.64 bits per heavy atom. The lowest BCUT2D eigenvalue weighted by Crippen LogP contribution is -2.28. The second-order valence-corrected chi connectivity index (χ2v) is 7.58. The molecule has 0 aromatic heterocycles. The van der Waals surface area contributed by atoms with Crippen LogP contribution in [0.1, 0.15) is 50.7 Å². The van der Waals surface area contributed by atoms with Gasteiger partial charge in [-0.05, 0) is 55.4 Å². The quantitative estimate of drug-likeness (QED) is 0.355. The van der Waals surface area contributed by atoms with E-state index in [1.807, 2.05) is 36.4 Å². The molecule has 2 nitrogen and oxygen atoms in total. The van der Waals surface area contributed by atoms with Gasteiger partial charge in [0.15, 0.2) is 0 Å². The monoisotopic (exact) mass is 381 g/mol. The minimum absolute atomic E-state index is 0.0102. The summed E-state index contributed by atoms with van der Waals surface area (Å²) in [6.07, 6.45) is 6.17. The first-order valence-corrected chi connectivity index (χ1v) is 10.2. The van der Waals surface area contributed by atoms with Crippen LogP contribution in [0.2, 0.25) is 0 Å². The van der Waals surface area contributed by atoms with Gasteiger partial charge < -0.3 is 4.90 Å². The molecule has 150 valence electrons. The Morgan fingerprint density at radius 1 is 1.00 bits per heavy atom. The molecule has 0 saturated heterocycles. The summed E-state index contributed by atoms with van der Waals surface area (Å²) >= 11 is 0. The van der Waals surface area contributed by atoms with Crippen LogP contribution in [0.25, 0.3) is 11.1 Å². The lowest BCUT2D eigenvalue weighted by Gasteiger charge is -2.17. The van der Waals surface area contributed by atoms with Crippen LogP contribution in [0.4, 0.5) is 4.39 Å². The normalized spacial score (nSPS) is 10.7. The summed E-state index contributed by atoms with van der Waals surface area (Å²) in [6, 6.07) is 13.7. The topological polar surface area (TPSA) is 20.3 Å². The van der Waals surface area contributed by atoms with Gasteiger partial charge in [0.1, 0.15) is 5.82 Å². The Morgan fingerprint density at radius 3 is 2.25 bits per heavy atom. The van der Waals surface area contributed by atoms with Crippen LogP contribution in [0.3, 0.4) is 0 Å². The fourth-order valence-corrected chi connectivity index (χ4v) is 3.33. The minimum atomic E-state index is -0.151. The molecule has 1 amide bonds. The largest absolute Gasteiger partial charge is 0.342 e. The smallest absolute Gasteiger partial charge is 0.248 e. The first-order chi connectivity index (χ1) is 13.4. The molecule has 2 aromatic rings. The van der Waals surface area contributed by atoms with E-state index in [0.29, 0.717) is 17.7 Å². The van der Waals surface area contributed by atoms with Crippen LogP contribution in [0.15, 0.2) is 54.6 Å². The van der Waals surface area contributed by atoms with Crippen molar-refractivity contribution in [2.24, 2.45) is 0 Å². The standard InChI is InChI=1S/C25H32FNO/c1-5-6-7-9-21-13-16-23(24(26)18-21)22-14-11-20(12-15-22)10-8-17-27(4)25(28)19(2)3/h11-16,18H,2,5-10,17H2,1,3-4H3. The molecule has 0 aliphatic heterocycles. The zero-order chi connectivity index (χ0) is 20.5. The van der Waals surface area contributed by atoms with Gasteiger partial charge in [-0.15, -0.1) is 0 Å². The van der Waals surface area contributed by atoms with Crippen LogP contribution < -0.4 is 0 Å². The SMILES string of the molecule is C=C(C)C(=O)N(C)CCCc1ccc(-c2ccc(CCCCC)cc2F)cc1. The number of aryl methyl sites for hydroxylation is 2. The molecule has 0 heterocycles. The van der Waals surface area contributed by atoms with E-state index in [4.69, 9.17) is 0 Å². The van der Waals surface area contributed by atoms with Gasteiger partial charge in [-0.1, -0.05) is 62.7 Å². The molecule has 0 bridgehead atoms. The van der Waals surface area contributed by atoms with Crippen molar-refractivity contribution in [1.29, 1.82) is 0 Å². The highest BCUT2D eigenvalue weighted by molar-refractivity contribution is 5.91. The third kappa shape index (κ3) is 6.33. The fourth-order valence-electron chi connectivity index (χ4n) is 3.33. The van der Waals surface area contributed by atoms with E-state index >= 15 is 0 Å². The number of unbranched alkanes of at least 4 members (excludes halogenated alkanes) is 2. The van der Waals surface area contributed by atoms with E-state index < -0.39 is 0 Å². The van der Waals surface area contributed by atoms with Gasteiger partial charge in [0.25, 0.3) is 0 Å². The molecule has 0 aliphatic rings. The molecule has 0 spiro atoms. The van der Waals surface area contributed by atoms with Gasteiger partial charge >= 0.3 is 0 Å². The molecule has 0 N–H and O–H groups in total. The Labute approximate surface area is 169 Å². The highest BCUT2D eigenvalue weighted by Crippen LogP contribution is 2.25. The van der Waals surface area contributed by atoms with Crippen LogP contribution in [-0.2, 0) is 17.6 Å². The van der Waals surface area contributed by atoms with Crippen molar-refractivity contribution < 1.29 is 9.18 Å². The van der Waals surface area contributed by atoms with Crippen LogP contribution in [0, 0.1) is 5.82 Å². The first kappa shape index (κ1) is 21.9. The number of rotatable bonds is 10. The summed E-state index contributed by atoms with van der Waals surface area (Å²) < 4.78 is 14.5. The third-order valence-electron chi connectivity index (χ3n) is 5.04. The average Bonchev–Trinajstić information content (AvgIpc) is 2.68. The predicted octanol–water partition coefficient (Wildman–Crippen LogP) is 6.19. The van der Waals surface area contributed by atoms with E-state index in [1.165, 1.54) is 18.4 Å². The fraction of sp³-hybridized carbons (Fsp3) is 0.400. The first-order valence-electron chi connectivity index (χ1n) is 10.2. The number of carbonyl (C=O) groups is 1. The van der Waals surface area contributed by atoms with Crippen molar-refractivity contribution >= 4 is 5.91 Å². The number of hydrogen-bond acceptors (Lipinski definition) is 1. The summed E-state index contributed by atoms with van der Waals surface area (Å²) in [4.78, 5) is 13.5. The summed E-state index contributed by atoms with van der Waals surface area (Å²) in [5.41, 5.74) is 4.37. The highest BCUT2D eigenvalue weighted by atomic mass is 19.1. The second kappa shape index (κ2) is 10.8. The van der Waals surface area contributed by atoms with E-state index in [-0.39, 0.29) is 11.7 Å². The van der Waals surface area contributed by atoms with Gasteiger partial charge in [0.2, 0.25) is 5.91 Å².